The maximum Gasteiger partial charge on any atom is 0.241 e. The predicted molar refractivity (Wildman–Crippen MR) is 96.1 cm³/mol. The number of hydrogen-bond acceptors (Lipinski definition) is 7. The van der Waals surface area contributed by atoms with Crippen molar-refractivity contribution in [3.8, 4) is 5.75 Å². The van der Waals surface area contributed by atoms with E-state index in [0.29, 0.717) is 19.5 Å². The molecule has 3 aliphatic heterocycles. The zero-order valence-electron chi connectivity index (χ0n) is 14.6. The number of fused-ring (bicyclic) bond motifs is 1. The molecule has 3 N–H and O–H groups in total. The topological polar surface area (TPSA) is 102 Å². The zero-order chi connectivity index (χ0) is 18.5. The molecule has 9 heteroatoms. The standard InChI is InChI=1S/C17H24N4O4S/c1-20-6-7-21(15-10-26(24,25)9-14(15)20)17(23)13-8-12(18-19-13)11-4-2-3-5-16(11)22/h2-5,12-15,18-19,22H,6-10H2,1H3/t12?,13?,14-,15+/m0/s1. The van der Waals surface area contributed by atoms with Crippen LogP contribution in [0.5, 0.6) is 5.75 Å². The van der Waals surface area contributed by atoms with Gasteiger partial charge < -0.3 is 10.0 Å². The first-order chi connectivity index (χ1) is 12.4. The summed E-state index contributed by atoms with van der Waals surface area (Å²) < 4.78 is 24.2. The number of piperazine rings is 1. The van der Waals surface area contributed by atoms with Crippen LogP contribution in [0.15, 0.2) is 24.3 Å². The fraction of sp³-hybridized carbons (Fsp3) is 0.588. The van der Waals surface area contributed by atoms with Crippen LogP contribution >= 0.6 is 0 Å². The molecule has 4 atom stereocenters. The Kier molecular flexibility index (Phi) is 4.42. The number of rotatable bonds is 2. The van der Waals surface area contributed by atoms with Crippen LogP contribution in [0.25, 0.3) is 0 Å². The minimum atomic E-state index is -3.12. The number of carbonyl (C=O) groups is 1. The summed E-state index contributed by atoms with van der Waals surface area (Å²) in [6.45, 7) is 1.21. The van der Waals surface area contributed by atoms with E-state index in [0.717, 1.165) is 5.56 Å². The lowest BCUT2D eigenvalue weighted by atomic mass is 9.99. The maximum absolute atomic E-state index is 13.1. The molecule has 3 saturated heterocycles. The third-order valence-electron chi connectivity index (χ3n) is 5.75. The number of hydrazine groups is 1. The second kappa shape index (κ2) is 6.49. The summed E-state index contributed by atoms with van der Waals surface area (Å²) in [5.74, 6) is 0.281. The number of nitrogens with one attached hydrogen (secondary N) is 2. The Morgan fingerprint density at radius 1 is 1.15 bits per heavy atom. The highest BCUT2D eigenvalue weighted by atomic mass is 32.2. The normalized spacial score (nSPS) is 34.0. The zero-order valence-corrected chi connectivity index (χ0v) is 15.4. The van der Waals surface area contributed by atoms with Crippen LogP contribution in [0.4, 0.5) is 0 Å². The van der Waals surface area contributed by atoms with Crippen molar-refractivity contribution in [2.75, 3.05) is 31.6 Å². The molecule has 1 aromatic carbocycles. The number of aromatic hydroxyl groups is 1. The van der Waals surface area contributed by atoms with E-state index in [2.05, 4.69) is 10.9 Å². The van der Waals surface area contributed by atoms with E-state index in [9.17, 15) is 18.3 Å². The number of benzene rings is 1. The van der Waals surface area contributed by atoms with Crippen molar-refractivity contribution in [2.24, 2.45) is 0 Å². The summed E-state index contributed by atoms with van der Waals surface area (Å²) in [5.41, 5.74) is 6.85. The number of likely N-dealkylation sites (N-methyl/N-ethyl adjacent to an activating group) is 1. The average molecular weight is 380 g/mol. The van der Waals surface area contributed by atoms with E-state index in [1.807, 2.05) is 24.1 Å². The lowest BCUT2D eigenvalue weighted by molar-refractivity contribution is -0.138. The summed E-state index contributed by atoms with van der Waals surface area (Å²) in [6.07, 6.45) is 0.507. The van der Waals surface area contributed by atoms with Crippen molar-refractivity contribution >= 4 is 15.7 Å². The van der Waals surface area contributed by atoms with Gasteiger partial charge in [0.25, 0.3) is 0 Å². The number of amides is 1. The number of hydrogen-bond donors (Lipinski definition) is 3. The molecular weight excluding hydrogens is 356 g/mol. The number of para-hydroxylation sites is 1. The number of phenols is 1. The molecule has 0 radical (unpaired) electrons. The number of carbonyl (C=O) groups excluding carboxylic acids is 1. The molecule has 8 nitrogen and oxygen atoms in total. The molecule has 0 aromatic heterocycles. The molecule has 3 fully saturated rings. The van der Waals surface area contributed by atoms with Gasteiger partial charge in [-0.1, -0.05) is 18.2 Å². The highest BCUT2D eigenvalue weighted by molar-refractivity contribution is 7.91. The molecule has 0 aliphatic carbocycles. The molecule has 4 rings (SSSR count). The second-order valence-electron chi connectivity index (χ2n) is 7.41. The van der Waals surface area contributed by atoms with E-state index in [1.165, 1.54) is 0 Å². The van der Waals surface area contributed by atoms with Crippen LogP contribution < -0.4 is 10.9 Å². The van der Waals surface area contributed by atoms with E-state index >= 15 is 0 Å². The predicted octanol–water partition coefficient (Wildman–Crippen LogP) is -0.761. The maximum atomic E-state index is 13.1. The summed E-state index contributed by atoms with van der Waals surface area (Å²) in [4.78, 5) is 16.9. The van der Waals surface area contributed by atoms with E-state index < -0.39 is 15.9 Å². The minimum Gasteiger partial charge on any atom is -0.508 e. The van der Waals surface area contributed by atoms with Gasteiger partial charge in [-0.2, -0.15) is 0 Å². The molecule has 3 aliphatic rings. The van der Waals surface area contributed by atoms with E-state index in [-0.39, 0.29) is 41.3 Å². The summed E-state index contributed by atoms with van der Waals surface area (Å²) in [6, 6.07) is 6.05. The van der Waals surface area contributed by atoms with Crippen LogP contribution in [0.1, 0.15) is 18.0 Å². The van der Waals surface area contributed by atoms with Crippen molar-refractivity contribution in [1.82, 2.24) is 20.7 Å². The lowest BCUT2D eigenvalue weighted by Gasteiger charge is -2.43. The first-order valence-corrected chi connectivity index (χ1v) is 10.7. The first-order valence-electron chi connectivity index (χ1n) is 8.86. The summed E-state index contributed by atoms with van der Waals surface area (Å²) in [5, 5.41) is 10.0. The Morgan fingerprint density at radius 3 is 2.65 bits per heavy atom. The largest absolute Gasteiger partial charge is 0.508 e. The SMILES string of the molecule is CN1CCN(C(=O)C2CC(c3ccccc3O)NN2)[C@@H]2CS(=O)(=O)C[C@@H]21. The van der Waals surface area contributed by atoms with Crippen LogP contribution in [-0.4, -0.2) is 79.0 Å². The number of phenolic OH excluding ortho intramolecular Hbond substituents is 1. The number of sulfone groups is 1. The van der Waals surface area contributed by atoms with Crippen molar-refractivity contribution < 1.29 is 18.3 Å². The van der Waals surface area contributed by atoms with Gasteiger partial charge in [-0.25, -0.2) is 19.3 Å². The molecule has 26 heavy (non-hydrogen) atoms. The molecule has 1 amide bonds. The lowest BCUT2D eigenvalue weighted by Crippen LogP contribution is -2.62. The highest BCUT2D eigenvalue weighted by Gasteiger charge is 2.48. The van der Waals surface area contributed by atoms with Gasteiger partial charge in [-0.3, -0.25) is 9.69 Å². The fourth-order valence-electron chi connectivity index (χ4n) is 4.30. The summed E-state index contributed by atoms with van der Waals surface area (Å²) >= 11 is 0. The Bertz CT molecular complexity index is 815. The second-order valence-corrected chi connectivity index (χ2v) is 9.57. The molecule has 3 heterocycles. The van der Waals surface area contributed by atoms with E-state index in [1.54, 1.807) is 17.0 Å². The van der Waals surface area contributed by atoms with Crippen LogP contribution in [0.2, 0.25) is 0 Å². The van der Waals surface area contributed by atoms with Crippen LogP contribution in [0.3, 0.4) is 0 Å². The molecule has 0 bridgehead atoms. The monoisotopic (exact) mass is 380 g/mol. The van der Waals surface area contributed by atoms with Crippen molar-refractivity contribution in [3.63, 3.8) is 0 Å². The van der Waals surface area contributed by atoms with Gasteiger partial charge in [0.15, 0.2) is 9.84 Å². The average Bonchev–Trinajstić information content (AvgIpc) is 3.19. The van der Waals surface area contributed by atoms with Crippen molar-refractivity contribution in [1.29, 1.82) is 0 Å². The first kappa shape index (κ1) is 17.7. The smallest absolute Gasteiger partial charge is 0.241 e. The third kappa shape index (κ3) is 3.09. The number of nitrogens with zero attached hydrogens (tertiary/aromatic N) is 2. The van der Waals surface area contributed by atoms with E-state index in [4.69, 9.17) is 0 Å². The van der Waals surface area contributed by atoms with Gasteiger partial charge in [0.2, 0.25) is 5.91 Å². The molecular formula is C17H24N4O4S. The molecule has 0 spiro atoms. The quantitative estimate of drug-likeness (QED) is 0.620. The highest BCUT2D eigenvalue weighted by Crippen LogP contribution is 2.31. The van der Waals surface area contributed by atoms with Gasteiger partial charge in [0.05, 0.1) is 23.6 Å². The van der Waals surface area contributed by atoms with Crippen molar-refractivity contribution in [2.45, 2.75) is 30.6 Å². The van der Waals surface area contributed by atoms with Gasteiger partial charge >= 0.3 is 0 Å². The fourth-order valence-corrected chi connectivity index (χ4v) is 6.36. The Morgan fingerprint density at radius 2 is 1.88 bits per heavy atom. The molecule has 2 unspecified atom stereocenters. The van der Waals surface area contributed by atoms with Crippen LogP contribution in [0, 0.1) is 0 Å². The minimum absolute atomic E-state index is 0.0385. The van der Waals surface area contributed by atoms with Gasteiger partial charge in [0, 0.05) is 24.7 Å². The molecule has 0 saturated carbocycles. The summed E-state index contributed by atoms with van der Waals surface area (Å²) in [7, 11) is -1.20. The Hall–Kier alpha value is -1.68. The molecule has 1 aromatic rings. The Balaban J connectivity index is 1.49. The van der Waals surface area contributed by atoms with Gasteiger partial charge in [0.1, 0.15) is 11.8 Å². The molecule has 142 valence electrons. The van der Waals surface area contributed by atoms with Gasteiger partial charge in [-0.05, 0) is 19.5 Å². The third-order valence-corrected chi connectivity index (χ3v) is 7.45. The van der Waals surface area contributed by atoms with Crippen molar-refractivity contribution in [3.05, 3.63) is 29.8 Å². The Labute approximate surface area is 153 Å². The van der Waals surface area contributed by atoms with Gasteiger partial charge in [-0.15, -0.1) is 0 Å². The van der Waals surface area contributed by atoms with Crippen LogP contribution in [-0.2, 0) is 14.6 Å².